The van der Waals surface area contributed by atoms with Crippen molar-refractivity contribution in [2.24, 2.45) is 10.8 Å². The largest absolute Gasteiger partial charge is 0.321 e. The summed E-state index contributed by atoms with van der Waals surface area (Å²) in [4.78, 5) is 0. The van der Waals surface area contributed by atoms with Gasteiger partial charge >= 0.3 is 0 Å². The number of rotatable bonds is 2. The lowest BCUT2D eigenvalue weighted by Gasteiger charge is -2.15. The number of halogens is 2. The van der Waals surface area contributed by atoms with Crippen LogP contribution in [0.4, 0.5) is 8.78 Å². The van der Waals surface area contributed by atoms with E-state index in [-0.39, 0.29) is 11.6 Å². The van der Waals surface area contributed by atoms with E-state index >= 15 is 0 Å². The molecule has 104 valence electrons. The Kier molecular flexibility index (Phi) is 3.27. The molecule has 0 radical (unpaired) electrons. The van der Waals surface area contributed by atoms with Crippen molar-refractivity contribution in [3.8, 4) is 0 Å². The van der Waals surface area contributed by atoms with Crippen molar-refractivity contribution in [3.05, 3.63) is 41.2 Å². The van der Waals surface area contributed by atoms with Gasteiger partial charge in [-0.15, -0.1) is 10.2 Å². The fourth-order valence-corrected chi connectivity index (χ4v) is 2.72. The molecule has 0 spiro atoms. The lowest BCUT2D eigenvalue weighted by molar-refractivity contribution is 0.581. The quantitative estimate of drug-likeness (QED) is 0.919. The third-order valence-electron chi connectivity index (χ3n) is 2.84. The van der Waals surface area contributed by atoms with Crippen LogP contribution in [0, 0.1) is 11.6 Å². The van der Waals surface area contributed by atoms with Crippen molar-refractivity contribution < 1.29 is 8.78 Å². The average molecular weight is 295 g/mol. The molecule has 1 aromatic heterocycles. The van der Waals surface area contributed by atoms with Crippen molar-refractivity contribution in [3.63, 3.8) is 0 Å². The van der Waals surface area contributed by atoms with E-state index in [1.54, 1.807) is 6.92 Å². The van der Waals surface area contributed by atoms with Gasteiger partial charge in [0.2, 0.25) is 5.16 Å². The van der Waals surface area contributed by atoms with E-state index in [9.17, 15) is 8.78 Å². The maximum atomic E-state index is 13.8. The predicted octanol–water partition coefficient (Wildman–Crippen LogP) is 1.93. The minimum absolute atomic E-state index is 0.272. The van der Waals surface area contributed by atoms with E-state index in [1.807, 2.05) is 0 Å². The molecule has 2 N–H and O–H groups in total. The lowest BCUT2D eigenvalue weighted by atomic mass is 10.1. The van der Waals surface area contributed by atoms with Crippen molar-refractivity contribution in [1.29, 1.82) is 0 Å². The summed E-state index contributed by atoms with van der Waals surface area (Å²) >= 11 is 1.39. The maximum Gasteiger partial charge on any atom is 0.212 e. The van der Waals surface area contributed by atoms with Crippen LogP contribution in [0.1, 0.15) is 24.4 Å². The van der Waals surface area contributed by atoms with Crippen LogP contribution < -0.4 is 5.73 Å². The van der Waals surface area contributed by atoms with Gasteiger partial charge < -0.3 is 5.73 Å². The molecule has 0 amide bonds. The number of benzene rings is 1. The number of nitrogens with two attached hydrogens (primary N) is 1. The molecule has 0 bridgehead atoms. The number of fused-ring (bicyclic) bond motifs is 1. The van der Waals surface area contributed by atoms with Gasteiger partial charge in [-0.3, -0.25) is 0 Å². The SMILES string of the molecule is CC(N)c1nnc2n1N=C(c1ccc(F)cc1F)CS2. The van der Waals surface area contributed by atoms with Crippen LogP contribution in [0.15, 0.2) is 28.5 Å². The van der Waals surface area contributed by atoms with Crippen LogP contribution in [-0.4, -0.2) is 26.3 Å². The first-order valence-electron chi connectivity index (χ1n) is 5.93. The van der Waals surface area contributed by atoms with Crippen LogP contribution in [0.5, 0.6) is 0 Å². The Morgan fingerprint density at radius 2 is 2.15 bits per heavy atom. The second kappa shape index (κ2) is 4.95. The van der Waals surface area contributed by atoms with Gasteiger partial charge in [-0.1, -0.05) is 11.8 Å². The summed E-state index contributed by atoms with van der Waals surface area (Å²) in [6.07, 6.45) is 0. The minimum Gasteiger partial charge on any atom is -0.321 e. The normalized spacial score (nSPS) is 15.7. The van der Waals surface area contributed by atoms with Gasteiger partial charge in [0.25, 0.3) is 0 Å². The molecule has 3 rings (SSSR count). The molecule has 1 aromatic carbocycles. The molecule has 1 atom stereocenters. The third-order valence-corrected chi connectivity index (χ3v) is 3.77. The zero-order valence-corrected chi connectivity index (χ0v) is 11.4. The highest BCUT2D eigenvalue weighted by Crippen LogP contribution is 2.26. The molecule has 2 heterocycles. The summed E-state index contributed by atoms with van der Waals surface area (Å²) in [5, 5.41) is 12.9. The van der Waals surface area contributed by atoms with Crippen LogP contribution in [0.3, 0.4) is 0 Å². The summed E-state index contributed by atoms with van der Waals surface area (Å²) in [6, 6.07) is 3.10. The van der Waals surface area contributed by atoms with Crippen LogP contribution in [0.2, 0.25) is 0 Å². The minimum atomic E-state index is -0.636. The highest BCUT2D eigenvalue weighted by Gasteiger charge is 2.22. The van der Waals surface area contributed by atoms with E-state index < -0.39 is 11.6 Å². The summed E-state index contributed by atoms with van der Waals surface area (Å²) < 4.78 is 28.3. The van der Waals surface area contributed by atoms with Crippen molar-refractivity contribution in [1.82, 2.24) is 14.9 Å². The summed E-state index contributed by atoms with van der Waals surface area (Å²) in [6.45, 7) is 1.77. The highest BCUT2D eigenvalue weighted by molar-refractivity contribution is 7.99. The molecule has 5 nitrogen and oxygen atoms in total. The third kappa shape index (κ3) is 2.20. The molecular weight excluding hydrogens is 284 g/mol. The van der Waals surface area contributed by atoms with Gasteiger partial charge in [-0.05, 0) is 19.1 Å². The van der Waals surface area contributed by atoms with Gasteiger partial charge in [0.05, 0.1) is 11.8 Å². The second-order valence-electron chi connectivity index (χ2n) is 4.40. The Bertz CT molecular complexity index is 695. The molecule has 1 aliphatic heterocycles. The highest BCUT2D eigenvalue weighted by atomic mass is 32.2. The van der Waals surface area contributed by atoms with Gasteiger partial charge in [-0.25, -0.2) is 8.78 Å². The topological polar surface area (TPSA) is 69.1 Å². The number of nitrogens with zero attached hydrogens (tertiary/aromatic N) is 4. The summed E-state index contributed by atoms with van der Waals surface area (Å²) in [5.74, 6) is -0.299. The molecule has 8 heteroatoms. The standard InChI is InChI=1S/C12H11F2N5S/c1-6(15)11-16-17-12-19(11)18-10(5-20-12)8-3-2-7(13)4-9(8)14/h2-4,6H,5,15H2,1H3. The summed E-state index contributed by atoms with van der Waals surface area (Å²) in [7, 11) is 0. The summed E-state index contributed by atoms with van der Waals surface area (Å²) in [5.41, 5.74) is 6.56. The maximum absolute atomic E-state index is 13.8. The van der Waals surface area contributed by atoms with E-state index in [1.165, 1.54) is 28.6 Å². The molecule has 0 saturated carbocycles. The zero-order valence-electron chi connectivity index (χ0n) is 10.5. The van der Waals surface area contributed by atoms with Crippen LogP contribution >= 0.6 is 11.8 Å². The van der Waals surface area contributed by atoms with Crippen LogP contribution in [0.25, 0.3) is 0 Å². The molecule has 2 aromatic rings. The molecule has 0 aliphatic carbocycles. The molecular formula is C12H11F2N5S. The Hall–Kier alpha value is -1.80. The van der Waals surface area contributed by atoms with Crippen molar-refractivity contribution in [2.45, 2.75) is 18.1 Å². The van der Waals surface area contributed by atoms with E-state index in [0.29, 0.717) is 22.4 Å². The van der Waals surface area contributed by atoms with Gasteiger partial charge in [0.15, 0.2) is 5.82 Å². The van der Waals surface area contributed by atoms with Crippen LogP contribution in [-0.2, 0) is 0 Å². The first kappa shape index (κ1) is 13.2. The van der Waals surface area contributed by atoms with E-state index in [2.05, 4.69) is 15.3 Å². The first-order chi connectivity index (χ1) is 9.56. The van der Waals surface area contributed by atoms with Gasteiger partial charge in [0.1, 0.15) is 11.6 Å². The smallest absolute Gasteiger partial charge is 0.212 e. The average Bonchev–Trinajstić information content (AvgIpc) is 2.81. The predicted molar refractivity (Wildman–Crippen MR) is 71.6 cm³/mol. The number of hydrogen-bond acceptors (Lipinski definition) is 5. The fourth-order valence-electron chi connectivity index (χ4n) is 1.88. The Morgan fingerprint density at radius 3 is 2.85 bits per heavy atom. The number of hydrogen-bond donors (Lipinski definition) is 1. The molecule has 20 heavy (non-hydrogen) atoms. The Balaban J connectivity index is 2.07. The van der Waals surface area contributed by atoms with E-state index in [0.717, 1.165) is 6.07 Å². The Morgan fingerprint density at radius 1 is 1.35 bits per heavy atom. The first-order valence-corrected chi connectivity index (χ1v) is 6.92. The van der Waals surface area contributed by atoms with Gasteiger partial charge in [-0.2, -0.15) is 9.78 Å². The fraction of sp³-hybridized carbons (Fsp3) is 0.250. The molecule has 1 aliphatic rings. The van der Waals surface area contributed by atoms with Crippen molar-refractivity contribution in [2.75, 3.05) is 5.75 Å². The molecule has 1 unspecified atom stereocenters. The monoisotopic (exact) mass is 295 g/mol. The molecule has 0 saturated heterocycles. The van der Waals surface area contributed by atoms with Gasteiger partial charge in [0, 0.05) is 17.4 Å². The number of aromatic nitrogens is 3. The number of thioether (sulfide) groups is 1. The lowest BCUT2D eigenvalue weighted by Crippen LogP contribution is -2.18. The molecule has 0 fully saturated rings. The van der Waals surface area contributed by atoms with E-state index in [4.69, 9.17) is 5.73 Å². The second-order valence-corrected chi connectivity index (χ2v) is 5.34. The zero-order chi connectivity index (χ0) is 14.3. The van der Waals surface area contributed by atoms with Crippen molar-refractivity contribution >= 4 is 17.5 Å². The Labute approximate surface area is 117 Å².